The van der Waals surface area contributed by atoms with Gasteiger partial charge in [-0.2, -0.15) is 0 Å². The monoisotopic (exact) mass is 665 g/mol. The van der Waals surface area contributed by atoms with Crippen LogP contribution in [0.1, 0.15) is 37.0 Å². The summed E-state index contributed by atoms with van der Waals surface area (Å²) in [6, 6.07) is 28.2. The van der Waals surface area contributed by atoms with Gasteiger partial charge in [0.05, 0.1) is 20.6 Å². The van der Waals surface area contributed by atoms with Crippen molar-refractivity contribution in [3.63, 3.8) is 0 Å². The van der Waals surface area contributed by atoms with Crippen LogP contribution in [0, 0.1) is 6.92 Å². The lowest BCUT2D eigenvalue weighted by molar-refractivity contribution is -0.140. The Kier molecular flexibility index (Phi) is 11.7. The largest absolute Gasteiger partial charge is 0.352 e. The van der Waals surface area contributed by atoms with E-state index in [4.69, 9.17) is 23.2 Å². The second-order valence-electron chi connectivity index (χ2n) is 11.0. The maximum Gasteiger partial charge on any atom is 0.264 e. The maximum absolute atomic E-state index is 14.5. The Morgan fingerprint density at radius 3 is 2.04 bits per heavy atom. The molecule has 0 aliphatic carbocycles. The number of sulfonamides is 1. The van der Waals surface area contributed by atoms with Crippen LogP contribution in [0.4, 0.5) is 5.69 Å². The van der Waals surface area contributed by atoms with E-state index in [0.29, 0.717) is 27.7 Å². The van der Waals surface area contributed by atoms with E-state index in [1.807, 2.05) is 51.1 Å². The standard InChI is InChI=1S/C35H37Cl2N3O4S/c1-4-26(3)38-35(42)33(22-27-11-7-5-8-12-27)39(23-28-17-20-31(36)32(37)21-28)34(41)24-40(29-18-15-25(2)16-19-29)45(43,44)30-13-9-6-10-14-30/h5-21,26,33H,4,22-24H2,1-3H3,(H,38,42)/t26-,33+/m0/s1. The lowest BCUT2D eigenvalue weighted by atomic mass is 10.0. The van der Waals surface area contributed by atoms with Gasteiger partial charge in [0, 0.05) is 19.0 Å². The Hall–Kier alpha value is -3.85. The number of carbonyl (C=O) groups is 2. The molecule has 0 saturated carbocycles. The van der Waals surface area contributed by atoms with Crippen molar-refractivity contribution >= 4 is 50.7 Å². The van der Waals surface area contributed by atoms with Crippen LogP contribution in [0.25, 0.3) is 0 Å². The van der Waals surface area contributed by atoms with E-state index in [0.717, 1.165) is 15.4 Å². The average molecular weight is 667 g/mol. The molecule has 236 valence electrons. The van der Waals surface area contributed by atoms with Crippen molar-refractivity contribution in [2.24, 2.45) is 0 Å². The van der Waals surface area contributed by atoms with Crippen LogP contribution >= 0.6 is 23.2 Å². The predicted octanol–water partition coefficient (Wildman–Crippen LogP) is 7.05. The number of nitrogens with one attached hydrogen (secondary N) is 1. The second-order valence-corrected chi connectivity index (χ2v) is 13.6. The van der Waals surface area contributed by atoms with Crippen LogP contribution in [0.15, 0.2) is 108 Å². The van der Waals surface area contributed by atoms with Gasteiger partial charge in [-0.15, -0.1) is 0 Å². The van der Waals surface area contributed by atoms with E-state index in [-0.39, 0.29) is 29.8 Å². The molecule has 0 radical (unpaired) electrons. The number of carbonyl (C=O) groups excluding carboxylic acids is 2. The molecule has 7 nitrogen and oxygen atoms in total. The van der Waals surface area contributed by atoms with Gasteiger partial charge in [0.15, 0.2) is 0 Å². The van der Waals surface area contributed by atoms with Crippen molar-refractivity contribution in [3.8, 4) is 0 Å². The number of rotatable bonds is 13. The number of benzene rings is 4. The molecule has 0 unspecified atom stereocenters. The Bertz CT molecular complexity index is 1700. The van der Waals surface area contributed by atoms with Crippen LogP contribution in [0.5, 0.6) is 0 Å². The fraction of sp³-hybridized carbons (Fsp3) is 0.257. The van der Waals surface area contributed by atoms with Crippen molar-refractivity contribution in [2.75, 3.05) is 10.8 Å². The summed E-state index contributed by atoms with van der Waals surface area (Å²) in [6.45, 7) is 5.21. The molecule has 45 heavy (non-hydrogen) atoms. The molecule has 10 heteroatoms. The van der Waals surface area contributed by atoms with Gasteiger partial charge in [-0.1, -0.05) is 102 Å². The summed E-state index contributed by atoms with van der Waals surface area (Å²) in [6.07, 6.45) is 0.910. The average Bonchev–Trinajstić information content (AvgIpc) is 3.04. The third-order valence-electron chi connectivity index (χ3n) is 7.54. The summed E-state index contributed by atoms with van der Waals surface area (Å²) in [5.41, 5.74) is 2.75. The van der Waals surface area contributed by atoms with Gasteiger partial charge in [-0.3, -0.25) is 13.9 Å². The van der Waals surface area contributed by atoms with Crippen LogP contribution < -0.4 is 9.62 Å². The molecule has 0 bridgehead atoms. The summed E-state index contributed by atoms with van der Waals surface area (Å²) in [5.74, 6) is -0.893. The molecule has 0 aliphatic rings. The molecule has 4 aromatic rings. The Morgan fingerprint density at radius 1 is 0.822 bits per heavy atom. The first-order valence-corrected chi connectivity index (χ1v) is 16.9. The molecule has 1 N–H and O–H groups in total. The highest BCUT2D eigenvalue weighted by Crippen LogP contribution is 2.27. The molecule has 4 aromatic carbocycles. The first-order chi connectivity index (χ1) is 21.5. The van der Waals surface area contributed by atoms with Gasteiger partial charge >= 0.3 is 0 Å². The molecule has 0 saturated heterocycles. The van der Waals surface area contributed by atoms with Crippen LogP contribution in [0.3, 0.4) is 0 Å². The molecule has 0 spiro atoms. The van der Waals surface area contributed by atoms with Gasteiger partial charge in [-0.25, -0.2) is 8.42 Å². The van der Waals surface area contributed by atoms with E-state index in [1.54, 1.807) is 60.7 Å². The molecule has 4 rings (SSSR count). The minimum atomic E-state index is -4.16. The number of anilines is 1. The van der Waals surface area contributed by atoms with E-state index in [2.05, 4.69) is 5.32 Å². The van der Waals surface area contributed by atoms with E-state index >= 15 is 0 Å². The molecule has 0 aromatic heterocycles. The summed E-state index contributed by atoms with van der Waals surface area (Å²) >= 11 is 12.5. The van der Waals surface area contributed by atoms with Gasteiger partial charge < -0.3 is 10.2 Å². The third kappa shape index (κ3) is 8.87. The predicted molar refractivity (Wildman–Crippen MR) is 181 cm³/mol. The third-order valence-corrected chi connectivity index (χ3v) is 10.1. The fourth-order valence-electron chi connectivity index (χ4n) is 4.79. The van der Waals surface area contributed by atoms with E-state index < -0.39 is 28.5 Å². The van der Waals surface area contributed by atoms with Crippen molar-refractivity contribution in [1.82, 2.24) is 10.2 Å². The fourth-order valence-corrected chi connectivity index (χ4v) is 6.55. The molecular weight excluding hydrogens is 629 g/mol. The van der Waals surface area contributed by atoms with Gasteiger partial charge in [-0.05, 0) is 67.8 Å². The zero-order valence-electron chi connectivity index (χ0n) is 25.5. The van der Waals surface area contributed by atoms with Gasteiger partial charge in [0.25, 0.3) is 10.0 Å². The number of amides is 2. The normalized spacial score (nSPS) is 12.6. The Labute approximate surface area is 275 Å². The number of aryl methyl sites for hydroxylation is 1. The molecule has 0 heterocycles. The Balaban J connectivity index is 1.81. The van der Waals surface area contributed by atoms with Crippen LogP contribution in [-0.2, 0) is 32.6 Å². The zero-order valence-corrected chi connectivity index (χ0v) is 27.8. The highest BCUT2D eigenvalue weighted by atomic mass is 35.5. The number of halogens is 2. The highest BCUT2D eigenvalue weighted by molar-refractivity contribution is 7.92. The SMILES string of the molecule is CC[C@H](C)NC(=O)[C@@H](Cc1ccccc1)N(Cc1ccc(Cl)c(Cl)c1)C(=O)CN(c1ccc(C)cc1)S(=O)(=O)c1ccccc1. The van der Waals surface area contributed by atoms with Crippen LogP contribution in [0.2, 0.25) is 10.0 Å². The number of hydrogen-bond donors (Lipinski definition) is 1. The first kappa shape index (κ1) is 34.0. The smallest absolute Gasteiger partial charge is 0.264 e. The lowest BCUT2D eigenvalue weighted by Gasteiger charge is -2.34. The van der Waals surface area contributed by atoms with Crippen LogP contribution in [-0.4, -0.2) is 43.8 Å². The van der Waals surface area contributed by atoms with E-state index in [1.165, 1.54) is 17.0 Å². The van der Waals surface area contributed by atoms with Gasteiger partial charge in [0.2, 0.25) is 11.8 Å². The van der Waals surface area contributed by atoms with E-state index in [9.17, 15) is 18.0 Å². The van der Waals surface area contributed by atoms with Gasteiger partial charge in [0.1, 0.15) is 12.6 Å². The molecular formula is C35H37Cl2N3O4S. The van der Waals surface area contributed by atoms with Crippen molar-refractivity contribution in [1.29, 1.82) is 0 Å². The summed E-state index contributed by atoms with van der Waals surface area (Å²) in [4.78, 5) is 29.9. The topological polar surface area (TPSA) is 86.8 Å². The molecule has 0 fully saturated rings. The van der Waals surface area contributed by atoms with Crippen molar-refractivity contribution < 1.29 is 18.0 Å². The molecule has 2 atom stereocenters. The zero-order chi connectivity index (χ0) is 32.6. The summed E-state index contributed by atoms with van der Waals surface area (Å²) in [7, 11) is -4.16. The minimum absolute atomic E-state index is 0.00568. The quantitative estimate of drug-likeness (QED) is 0.166. The first-order valence-electron chi connectivity index (χ1n) is 14.7. The van der Waals surface area contributed by atoms with Crippen molar-refractivity contribution in [3.05, 3.63) is 130 Å². The number of nitrogens with zero attached hydrogens (tertiary/aromatic N) is 2. The summed E-state index contributed by atoms with van der Waals surface area (Å²) < 4.78 is 29.2. The Morgan fingerprint density at radius 2 is 1.44 bits per heavy atom. The highest BCUT2D eigenvalue weighted by Gasteiger charge is 2.35. The summed E-state index contributed by atoms with van der Waals surface area (Å²) in [5, 5.41) is 3.69. The number of hydrogen-bond acceptors (Lipinski definition) is 4. The molecule has 0 aliphatic heterocycles. The lowest BCUT2D eigenvalue weighted by Crippen LogP contribution is -2.54. The maximum atomic E-state index is 14.5. The second kappa shape index (κ2) is 15.4. The minimum Gasteiger partial charge on any atom is -0.352 e. The van der Waals surface area contributed by atoms with Crippen molar-refractivity contribution in [2.45, 2.75) is 57.1 Å². The molecule has 2 amide bonds.